The summed E-state index contributed by atoms with van der Waals surface area (Å²) in [5.74, 6) is 0.925. The van der Waals surface area contributed by atoms with E-state index in [1.165, 1.54) is 4.90 Å². The third-order valence-electron chi connectivity index (χ3n) is 2.23. The van der Waals surface area contributed by atoms with Gasteiger partial charge in [-0.05, 0) is 20.8 Å². The highest BCUT2D eigenvalue weighted by Gasteiger charge is 2.36. The Bertz CT molecular complexity index is 339. The molecule has 5 nitrogen and oxygen atoms in total. The molecule has 1 rings (SSSR count). The van der Waals surface area contributed by atoms with Crippen molar-refractivity contribution in [3.63, 3.8) is 0 Å². The maximum Gasteiger partial charge on any atom is 0.411 e. The first-order valence-electron chi connectivity index (χ1n) is 5.81. The molecule has 6 heteroatoms. The van der Waals surface area contributed by atoms with Crippen LogP contribution in [0, 0.1) is 0 Å². The lowest BCUT2D eigenvalue weighted by Gasteiger charge is -2.27. The van der Waals surface area contributed by atoms with E-state index in [1.54, 1.807) is 38.6 Å². The molecule has 0 aromatic heterocycles. The predicted molar refractivity (Wildman–Crippen MR) is 72.4 cm³/mol. The van der Waals surface area contributed by atoms with E-state index in [0.717, 1.165) is 0 Å². The van der Waals surface area contributed by atoms with E-state index in [2.05, 4.69) is 11.9 Å². The molecule has 2 amide bonds. The van der Waals surface area contributed by atoms with Crippen molar-refractivity contribution < 1.29 is 14.3 Å². The fraction of sp³-hybridized carbons (Fsp3) is 0.667. The summed E-state index contributed by atoms with van der Waals surface area (Å²) in [5.41, 5.74) is -0.549. The van der Waals surface area contributed by atoms with Gasteiger partial charge in [0.05, 0.1) is 5.88 Å². The molecule has 1 heterocycles. The zero-order chi connectivity index (χ0) is 13.8. The standard InChI is InChI=1S/C12H20N2O3S/c1-5-6-13-10(15)9-7-18-8-14(9)11(16)17-12(2,3)4/h5,9H,1,6-8H2,2-4H3,(H,13,15). The Morgan fingerprint density at radius 2 is 2.22 bits per heavy atom. The van der Waals surface area contributed by atoms with E-state index in [1.807, 2.05) is 0 Å². The highest BCUT2D eigenvalue weighted by Crippen LogP contribution is 2.23. The Kier molecular flexibility index (Phi) is 5.07. The summed E-state index contributed by atoms with van der Waals surface area (Å²) >= 11 is 1.54. The van der Waals surface area contributed by atoms with Crippen molar-refractivity contribution in [2.45, 2.75) is 32.4 Å². The number of amides is 2. The molecular weight excluding hydrogens is 252 g/mol. The van der Waals surface area contributed by atoms with Crippen LogP contribution in [0.1, 0.15) is 20.8 Å². The lowest BCUT2D eigenvalue weighted by molar-refractivity contribution is -0.124. The molecule has 1 aliphatic heterocycles. The Hall–Kier alpha value is -1.17. The van der Waals surface area contributed by atoms with E-state index in [0.29, 0.717) is 18.2 Å². The first-order valence-corrected chi connectivity index (χ1v) is 6.96. The number of hydrogen-bond acceptors (Lipinski definition) is 4. The maximum absolute atomic E-state index is 11.9. The van der Waals surface area contributed by atoms with Gasteiger partial charge in [0.15, 0.2) is 0 Å². The number of carbonyl (C=O) groups is 2. The fourth-order valence-corrected chi connectivity index (χ4v) is 2.59. The summed E-state index contributed by atoms with van der Waals surface area (Å²) in [4.78, 5) is 25.3. The first kappa shape index (κ1) is 14.9. The normalized spacial score (nSPS) is 19.5. The second-order valence-electron chi connectivity index (χ2n) is 5.00. The predicted octanol–water partition coefficient (Wildman–Crippen LogP) is 1.60. The minimum absolute atomic E-state index is 0.161. The Balaban J connectivity index is 2.61. The molecule has 1 unspecified atom stereocenters. The number of thioether (sulfide) groups is 1. The molecular formula is C12H20N2O3S. The number of hydrogen-bond donors (Lipinski definition) is 1. The van der Waals surface area contributed by atoms with Crippen molar-refractivity contribution in [2.75, 3.05) is 18.2 Å². The SMILES string of the molecule is C=CCNC(=O)C1CSCN1C(=O)OC(C)(C)C. The topological polar surface area (TPSA) is 58.6 Å². The van der Waals surface area contributed by atoms with Gasteiger partial charge >= 0.3 is 6.09 Å². The molecule has 18 heavy (non-hydrogen) atoms. The van der Waals surface area contributed by atoms with E-state index in [-0.39, 0.29) is 5.91 Å². The molecule has 0 aromatic rings. The van der Waals surface area contributed by atoms with Gasteiger partial charge in [-0.25, -0.2) is 4.79 Å². The van der Waals surface area contributed by atoms with Gasteiger partial charge in [-0.15, -0.1) is 18.3 Å². The average molecular weight is 272 g/mol. The molecule has 0 bridgehead atoms. The van der Waals surface area contributed by atoms with Crippen LogP contribution in [0.4, 0.5) is 4.79 Å². The van der Waals surface area contributed by atoms with Crippen LogP contribution in [0.3, 0.4) is 0 Å². The molecule has 1 fully saturated rings. The largest absolute Gasteiger partial charge is 0.444 e. The third kappa shape index (κ3) is 4.25. The van der Waals surface area contributed by atoms with Crippen molar-refractivity contribution >= 4 is 23.8 Å². The summed E-state index contributed by atoms with van der Waals surface area (Å²) in [7, 11) is 0. The van der Waals surface area contributed by atoms with Crippen molar-refractivity contribution in [1.82, 2.24) is 10.2 Å². The highest BCUT2D eigenvalue weighted by atomic mass is 32.2. The van der Waals surface area contributed by atoms with Gasteiger partial charge in [-0.2, -0.15) is 0 Å². The Labute approximate surface area is 112 Å². The third-order valence-corrected chi connectivity index (χ3v) is 3.25. The minimum Gasteiger partial charge on any atom is -0.444 e. The maximum atomic E-state index is 11.9. The minimum atomic E-state index is -0.549. The molecule has 1 atom stereocenters. The average Bonchev–Trinajstić information content (AvgIpc) is 2.72. The lowest BCUT2D eigenvalue weighted by atomic mass is 10.2. The van der Waals surface area contributed by atoms with Gasteiger partial charge in [0.2, 0.25) is 5.91 Å². The number of carbonyl (C=O) groups excluding carboxylic acids is 2. The molecule has 0 spiro atoms. The van der Waals surface area contributed by atoms with Gasteiger partial charge in [0.1, 0.15) is 11.6 Å². The van der Waals surface area contributed by atoms with Crippen LogP contribution in [-0.2, 0) is 9.53 Å². The summed E-state index contributed by atoms with van der Waals surface area (Å²) in [6.07, 6.45) is 1.17. The van der Waals surface area contributed by atoms with Crippen molar-refractivity contribution in [3.05, 3.63) is 12.7 Å². The molecule has 1 aliphatic rings. The van der Waals surface area contributed by atoms with Crippen molar-refractivity contribution in [2.24, 2.45) is 0 Å². The second kappa shape index (κ2) is 6.13. The summed E-state index contributed by atoms with van der Waals surface area (Å²) in [6, 6.07) is -0.454. The van der Waals surface area contributed by atoms with Crippen molar-refractivity contribution in [3.8, 4) is 0 Å². The lowest BCUT2D eigenvalue weighted by Crippen LogP contribution is -2.48. The number of nitrogens with one attached hydrogen (secondary N) is 1. The number of ether oxygens (including phenoxy) is 1. The Morgan fingerprint density at radius 1 is 1.56 bits per heavy atom. The van der Waals surface area contributed by atoms with Crippen LogP contribution in [0.5, 0.6) is 0 Å². The van der Waals surface area contributed by atoms with Crippen LogP contribution in [-0.4, -0.2) is 46.7 Å². The van der Waals surface area contributed by atoms with Crippen LogP contribution in [0.15, 0.2) is 12.7 Å². The summed E-state index contributed by atoms with van der Waals surface area (Å²) in [6.45, 7) is 9.36. The molecule has 1 N–H and O–H groups in total. The highest BCUT2D eigenvalue weighted by molar-refractivity contribution is 7.99. The number of nitrogens with zero attached hydrogens (tertiary/aromatic N) is 1. The summed E-state index contributed by atoms with van der Waals surface area (Å²) < 4.78 is 5.28. The molecule has 0 aliphatic carbocycles. The molecule has 102 valence electrons. The quantitative estimate of drug-likeness (QED) is 0.793. The Morgan fingerprint density at radius 3 is 2.78 bits per heavy atom. The van der Waals surface area contributed by atoms with Gasteiger partial charge < -0.3 is 10.1 Å². The monoisotopic (exact) mass is 272 g/mol. The zero-order valence-corrected chi connectivity index (χ0v) is 11.9. The first-order chi connectivity index (χ1) is 8.35. The number of rotatable bonds is 3. The fourth-order valence-electron chi connectivity index (χ4n) is 1.45. The van der Waals surface area contributed by atoms with E-state index < -0.39 is 17.7 Å². The smallest absolute Gasteiger partial charge is 0.411 e. The summed E-state index contributed by atoms with van der Waals surface area (Å²) in [5, 5.41) is 2.70. The van der Waals surface area contributed by atoms with Crippen LogP contribution >= 0.6 is 11.8 Å². The molecule has 0 saturated carbocycles. The molecule has 1 saturated heterocycles. The van der Waals surface area contributed by atoms with Crippen LogP contribution < -0.4 is 5.32 Å². The van der Waals surface area contributed by atoms with E-state index >= 15 is 0 Å². The zero-order valence-electron chi connectivity index (χ0n) is 11.1. The second-order valence-corrected chi connectivity index (χ2v) is 6.00. The molecule has 0 radical (unpaired) electrons. The molecule has 0 aromatic carbocycles. The van der Waals surface area contributed by atoms with Crippen molar-refractivity contribution in [1.29, 1.82) is 0 Å². The van der Waals surface area contributed by atoms with E-state index in [4.69, 9.17) is 4.74 Å². The van der Waals surface area contributed by atoms with Gasteiger partial charge in [-0.3, -0.25) is 9.69 Å². The van der Waals surface area contributed by atoms with Gasteiger partial charge in [0.25, 0.3) is 0 Å². The van der Waals surface area contributed by atoms with Crippen LogP contribution in [0.25, 0.3) is 0 Å². The van der Waals surface area contributed by atoms with E-state index in [9.17, 15) is 9.59 Å². The van der Waals surface area contributed by atoms with Gasteiger partial charge in [-0.1, -0.05) is 6.08 Å². The van der Waals surface area contributed by atoms with Gasteiger partial charge in [0, 0.05) is 12.3 Å². The van der Waals surface area contributed by atoms with Crippen LogP contribution in [0.2, 0.25) is 0 Å².